The lowest BCUT2D eigenvalue weighted by molar-refractivity contribution is -0.386. The number of nitro benzene ring substituents is 4. The van der Waals surface area contributed by atoms with Crippen molar-refractivity contribution in [2.45, 2.75) is 218 Å². The van der Waals surface area contributed by atoms with Crippen LogP contribution in [0.5, 0.6) is 51.7 Å². The van der Waals surface area contributed by atoms with E-state index in [1.54, 1.807) is 105 Å². The predicted molar refractivity (Wildman–Crippen MR) is 483 cm³/mol. The van der Waals surface area contributed by atoms with Gasteiger partial charge in [0.05, 0.1) is 45.5 Å². The average molecular weight is 1670 g/mol. The van der Waals surface area contributed by atoms with E-state index in [0.717, 1.165) is 56.0 Å². The van der Waals surface area contributed by atoms with Gasteiger partial charge in [0.15, 0.2) is 11.5 Å². The first kappa shape index (κ1) is 106. The Labute approximate surface area is 713 Å². The van der Waals surface area contributed by atoms with Crippen molar-refractivity contribution in [2.75, 3.05) is 14.2 Å². The number of aromatic carboxylic acids is 1. The molecule has 0 aliphatic heterocycles. The van der Waals surface area contributed by atoms with E-state index in [1.165, 1.54) is 60.5 Å². The number of Topliss-reactive ketones (excluding diaryl/α,β-unsaturated/α-hetero) is 1. The Morgan fingerprint density at radius 2 is 0.702 bits per heavy atom. The third kappa shape index (κ3) is 36.1. The van der Waals surface area contributed by atoms with Gasteiger partial charge in [-0.3, -0.25) is 45.3 Å². The minimum atomic E-state index is -0.848. The molecule has 10 aromatic rings. The van der Waals surface area contributed by atoms with E-state index in [1.807, 2.05) is 160 Å². The van der Waals surface area contributed by atoms with E-state index in [2.05, 4.69) is 58.9 Å². The molecule has 0 amide bonds. The summed E-state index contributed by atoms with van der Waals surface area (Å²) in [6, 6.07) is 56.9. The Kier molecular flexibility index (Phi) is 46.4. The number of carbonyl (C=O) groups excluding carboxylic acids is 1. The van der Waals surface area contributed by atoms with Crippen LogP contribution in [0.25, 0.3) is 0 Å². The van der Waals surface area contributed by atoms with Crippen LogP contribution in [-0.2, 0) is 0 Å². The zero-order chi connectivity index (χ0) is 92.6. The Balaban J connectivity index is 0.000000673. The Hall–Kier alpha value is -12.9. The highest BCUT2D eigenvalue weighted by atomic mass is 16.6. The monoisotopic (exact) mass is 1670 g/mol. The SMILES string of the molecule is CC(=O)c1cccc(O)c1C(C)C.CC(C)c1cc([N+](=O)[O-])ccc1O.CC(C)c1ccc([N+](=O)[O-])cc1O.CC(C)c1cccc([N+](=O)[O-])c1O.CC(C)c1ccccc1C(=O)O.CC(C)c1ccccc1[N+](=O)[O-].COc1ccc(O)c(C(C)C)c1.COc1cccc(O)c1C(C)C.Cc1ccc(C(C)C)c(O)c1.Cc1ccc(C(C)C)cc1. The third-order valence-corrected chi connectivity index (χ3v) is 18.4. The van der Waals surface area contributed by atoms with Crippen molar-refractivity contribution < 1.29 is 79.6 Å². The minimum absolute atomic E-state index is 0.000370. The van der Waals surface area contributed by atoms with Crippen molar-refractivity contribution >= 4 is 34.5 Å². The first-order valence-electron chi connectivity index (χ1n) is 39.9. The molecule has 0 radical (unpaired) electrons. The normalized spacial score (nSPS) is 10.4. The maximum absolute atomic E-state index is 11.2. The van der Waals surface area contributed by atoms with Gasteiger partial charge in [0.2, 0.25) is 0 Å². The lowest BCUT2D eigenvalue weighted by Gasteiger charge is -2.12. The number of phenolic OH excluding ortho intramolecular Hbond substituents is 7. The smallest absolute Gasteiger partial charge is 0.335 e. The zero-order valence-corrected chi connectivity index (χ0v) is 74.6. The molecule has 0 bridgehead atoms. The van der Waals surface area contributed by atoms with E-state index >= 15 is 0 Å². The van der Waals surface area contributed by atoms with Gasteiger partial charge in [0.25, 0.3) is 17.1 Å². The molecular weight excluding hydrogens is 1540 g/mol. The van der Waals surface area contributed by atoms with E-state index < -0.39 is 20.7 Å². The number of rotatable bonds is 18. The second-order valence-corrected chi connectivity index (χ2v) is 31.3. The fraction of sp³-hybridized carbons (Fsp3) is 0.361. The number of aromatic hydroxyl groups is 7. The molecule has 121 heavy (non-hydrogen) atoms. The summed E-state index contributed by atoms with van der Waals surface area (Å²) in [4.78, 5) is 61.7. The Morgan fingerprint density at radius 1 is 0.314 bits per heavy atom. The molecule has 0 heterocycles. The number of benzene rings is 10. The summed E-state index contributed by atoms with van der Waals surface area (Å²) in [5.74, 6) is 4.47. The van der Waals surface area contributed by atoms with Gasteiger partial charge in [-0.25, -0.2) is 4.79 Å². The van der Waals surface area contributed by atoms with Crippen molar-refractivity contribution in [2.24, 2.45) is 0 Å². The summed E-state index contributed by atoms with van der Waals surface area (Å²) < 4.78 is 10.2. The average Bonchev–Trinajstić information content (AvgIpc) is 0.831. The molecule has 0 aromatic heterocycles. The van der Waals surface area contributed by atoms with Crippen LogP contribution in [0.15, 0.2) is 200 Å². The number of hydrogen-bond acceptors (Lipinski definition) is 19. The number of ketones is 1. The number of non-ortho nitro benzene ring substituents is 2. The second-order valence-electron chi connectivity index (χ2n) is 31.3. The van der Waals surface area contributed by atoms with Crippen LogP contribution < -0.4 is 9.47 Å². The van der Waals surface area contributed by atoms with Gasteiger partial charge in [-0.1, -0.05) is 247 Å². The number of para-hydroxylation sites is 2. The maximum Gasteiger partial charge on any atom is 0.335 e. The predicted octanol–water partition coefficient (Wildman–Crippen LogP) is 26.2. The number of phenols is 7. The van der Waals surface area contributed by atoms with Crippen LogP contribution in [0.1, 0.15) is 292 Å². The lowest BCUT2D eigenvalue weighted by Crippen LogP contribution is -2.02. The molecule has 0 spiro atoms. The molecule has 0 aliphatic carbocycles. The standard InChI is InChI=1S/C11H14O2.2C10H14O2.C10H12O2.C10H14O.C10H14.3C9H11NO3.C9H11NO2/c1-7(2)11-9(8(3)12)5-4-6-10(11)13;1-7(2)9-6-8(12-3)4-5-10(9)11;1-7(2)10-8(11)5-4-6-9(10)12-3;1-7(2)8-5-3-4-6-9(8)10(11)12;1-7(2)9-5-4-8(3)6-10(9)11;1-8(2)10-6-4-9(3)5-7-10;1-6(2)8-5-7(10(12)13)3-4-9(8)11;1-6(2)8-4-3-7(10(12)13)5-9(8)11;1-6(2)7-4-3-5-8(9(7)11)10(12)13;1-7(2)8-5-3-4-6-9(8)10(11)12/h4-7,13H,1-3H3;2*4-7,11H,1-3H3;3-7H,1-2H3,(H,11,12);4-7,11H,1-3H3;4-8H,1-3H3;3*3-6,11H,1-2H3;3-7H,1-2H3. The summed E-state index contributed by atoms with van der Waals surface area (Å²) in [6.07, 6.45) is 0. The van der Waals surface area contributed by atoms with Crippen LogP contribution in [0, 0.1) is 54.3 Å². The Morgan fingerprint density at radius 3 is 1.10 bits per heavy atom. The van der Waals surface area contributed by atoms with Gasteiger partial charge < -0.3 is 50.3 Å². The van der Waals surface area contributed by atoms with Crippen molar-refractivity contribution in [1.82, 2.24) is 0 Å². The summed E-state index contributed by atoms with van der Waals surface area (Å²) in [5, 5.41) is 117. The topological polar surface area (TPSA) is 387 Å². The number of carboxylic acids is 1. The number of ether oxygens (including phenoxy) is 2. The van der Waals surface area contributed by atoms with Gasteiger partial charge in [-0.05, 0) is 168 Å². The molecule has 0 fully saturated rings. The lowest BCUT2D eigenvalue weighted by atomic mass is 9.94. The van der Waals surface area contributed by atoms with Crippen molar-refractivity contribution in [1.29, 1.82) is 0 Å². The van der Waals surface area contributed by atoms with Crippen LogP contribution in [0.3, 0.4) is 0 Å². The van der Waals surface area contributed by atoms with E-state index in [-0.39, 0.29) is 97.9 Å². The molecular formula is C97H126N4O20. The highest BCUT2D eigenvalue weighted by Gasteiger charge is 2.21. The molecule has 0 saturated carbocycles. The molecule has 654 valence electrons. The number of methoxy groups -OCH3 is 2. The second kappa shape index (κ2) is 52.8. The van der Waals surface area contributed by atoms with Gasteiger partial charge in [0, 0.05) is 69.3 Å². The van der Waals surface area contributed by atoms with Crippen LogP contribution in [-0.4, -0.2) is 86.5 Å². The van der Waals surface area contributed by atoms with Gasteiger partial charge >= 0.3 is 11.7 Å². The van der Waals surface area contributed by atoms with E-state index in [9.17, 15) is 85.8 Å². The molecule has 8 N–H and O–H groups in total. The first-order valence-corrected chi connectivity index (χ1v) is 39.9. The number of carbonyl (C=O) groups is 2. The minimum Gasteiger partial charge on any atom is -0.508 e. The first-order chi connectivity index (χ1) is 56.5. The number of aryl methyl sites for hydroxylation is 2. The maximum atomic E-state index is 11.2. The number of nitro groups is 4. The van der Waals surface area contributed by atoms with Gasteiger partial charge in [-0.2, -0.15) is 0 Å². The fourth-order valence-electron chi connectivity index (χ4n) is 11.7. The van der Waals surface area contributed by atoms with Crippen LogP contribution >= 0.6 is 0 Å². The van der Waals surface area contributed by atoms with Crippen molar-refractivity contribution in [3.8, 4) is 51.7 Å². The summed E-state index contributed by atoms with van der Waals surface area (Å²) in [7, 11) is 3.23. The quantitative estimate of drug-likeness (QED) is 0.0225. The summed E-state index contributed by atoms with van der Waals surface area (Å²) in [6.45, 7) is 45.4. The van der Waals surface area contributed by atoms with Crippen molar-refractivity contribution in [3.63, 3.8) is 0 Å². The molecule has 10 aromatic carbocycles. The van der Waals surface area contributed by atoms with Crippen LogP contribution in [0.2, 0.25) is 0 Å². The third-order valence-electron chi connectivity index (χ3n) is 18.4. The number of carboxylic acid groups (broad SMARTS) is 1. The number of hydrogen-bond donors (Lipinski definition) is 8. The van der Waals surface area contributed by atoms with Gasteiger partial charge in [-0.15, -0.1) is 0 Å². The molecule has 24 nitrogen and oxygen atoms in total. The molecule has 0 saturated heterocycles. The molecule has 10 rings (SSSR count). The largest absolute Gasteiger partial charge is 0.508 e. The number of nitrogens with zero attached hydrogens (tertiary/aromatic N) is 4. The highest BCUT2D eigenvalue weighted by molar-refractivity contribution is 5.96. The summed E-state index contributed by atoms with van der Waals surface area (Å²) in [5.41, 5.74) is 12.0. The fourth-order valence-corrected chi connectivity index (χ4v) is 11.7. The summed E-state index contributed by atoms with van der Waals surface area (Å²) >= 11 is 0. The highest BCUT2D eigenvalue weighted by Crippen LogP contribution is 2.37. The molecule has 0 atom stereocenters. The van der Waals surface area contributed by atoms with E-state index in [0.29, 0.717) is 57.3 Å². The van der Waals surface area contributed by atoms with Gasteiger partial charge in [0.1, 0.15) is 46.0 Å². The van der Waals surface area contributed by atoms with Crippen LogP contribution in [0.4, 0.5) is 22.7 Å². The molecule has 0 aliphatic rings. The van der Waals surface area contributed by atoms with E-state index in [4.69, 9.17) is 14.6 Å². The Bertz CT molecular complexity index is 4860. The molecule has 0 unspecified atom stereocenters. The van der Waals surface area contributed by atoms with Crippen molar-refractivity contribution in [3.05, 3.63) is 319 Å². The molecule has 24 heteroatoms. The zero-order valence-electron chi connectivity index (χ0n) is 74.6.